The van der Waals surface area contributed by atoms with Gasteiger partial charge in [-0.2, -0.15) is 0 Å². The fraction of sp³-hybridized carbons (Fsp3) is 0.350. The van der Waals surface area contributed by atoms with Gasteiger partial charge in [-0.05, 0) is 30.3 Å². The van der Waals surface area contributed by atoms with Crippen LogP contribution in [-0.4, -0.2) is 65.4 Å². The molecule has 1 fully saturated rings. The molecule has 1 saturated heterocycles. The molecule has 0 radical (unpaired) electrons. The minimum Gasteiger partial charge on any atom is -0.360 e. The predicted molar refractivity (Wildman–Crippen MR) is 110 cm³/mol. The summed E-state index contributed by atoms with van der Waals surface area (Å²) in [5.74, 6) is -0.109. The second kappa shape index (κ2) is 8.72. The van der Waals surface area contributed by atoms with E-state index >= 15 is 0 Å². The SMILES string of the molecule is CN(C)S(=O)(=O)c1cccc(NC(=O)C[NH+]2CCN(c3ccccc3)CC2)c1. The summed E-state index contributed by atoms with van der Waals surface area (Å²) in [6, 6.07) is 16.6. The third-order valence-corrected chi connectivity index (χ3v) is 6.71. The summed E-state index contributed by atoms with van der Waals surface area (Å²) in [7, 11) is -0.553. The summed E-state index contributed by atoms with van der Waals surface area (Å²) >= 11 is 0. The highest BCUT2D eigenvalue weighted by Crippen LogP contribution is 2.18. The Labute approximate surface area is 166 Å². The fourth-order valence-electron chi connectivity index (χ4n) is 3.27. The summed E-state index contributed by atoms with van der Waals surface area (Å²) in [5.41, 5.74) is 1.71. The molecule has 0 aliphatic carbocycles. The Morgan fingerprint density at radius 1 is 1.07 bits per heavy atom. The van der Waals surface area contributed by atoms with Crippen molar-refractivity contribution in [3.63, 3.8) is 0 Å². The Morgan fingerprint density at radius 2 is 1.75 bits per heavy atom. The Kier molecular flexibility index (Phi) is 6.33. The van der Waals surface area contributed by atoms with Gasteiger partial charge in [0.2, 0.25) is 10.0 Å². The summed E-state index contributed by atoms with van der Waals surface area (Å²) in [6.45, 7) is 3.95. The Morgan fingerprint density at radius 3 is 2.39 bits per heavy atom. The molecule has 1 heterocycles. The maximum Gasteiger partial charge on any atom is 0.279 e. The molecule has 2 aromatic carbocycles. The van der Waals surface area contributed by atoms with Crippen LogP contribution in [0.3, 0.4) is 0 Å². The van der Waals surface area contributed by atoms with E-state index in [2.05, 4.69) is 22.3 Å². The lowest BCUT2D eigenvalue weighted by Crippen LogP contribution is -3.15. The number of hydrogen-bond acceptors (Lipinski definition) is 4. The van der Waals surface area contributed by atoms with Crippen LogP contribution in [0.4, 0.5) is 11.4 Å². The molecule has 8 heteroatoms. The number of piperazine rings is 1. The minimum atomic E-state index is -3.52. The number of amides is 1. The molecule has 0 spiro atoms. The molecular formula is C20H27N4O3S+. The zero-order valence-electron chi connectivity index (χ0n) is 16.3. The fourth-order valence-corrected chi connectivity index (χ4v) is 4.22. The van der Waals surface area contributed by atoms with Gasteiger partial charge in [-0.1, -0.05) is 24.3 Å². The van der Waals surface area contributed by atoms with Gasteiger partial charge in [-0.25, -0.2) is 12.7 Å². The third-order valence-electron chi connectivity index (χ3n) is 4.90. The van der Waals surface area contributed by atoms with Crippen molar-refractivity contribution in [3.8, 4) is 0 Å². The zero-order chi connectivity index (χ0) is 20.1. The van der Waals surface area contributed by atoms with Crippen LogP contribution in [0.5, 0.6) is 0 Å². The molecule has 0 atom stereocenters. The topological polar surface area (TPSA) is 74.2 Å². The van der Waals surface area contributed by atoms with E-state index in [-0.39, 0.29) is 10.8 Å². The molecule has 2 aromatic rings. The summed E-state index contributed by atoms with van der Waals surface area (Å²) in [5, 5.41) is 2.83. The van der Waals surface area contributed by atoms with Gasteiger partial charge >= 0.3 is 0 Å². The lowest BCUT2D eigenvalue weighted by Gasteiger charge is -2.33. The standard InChI is InChI=1S/C20H26N4O3S/c1-22(2)28(26,27)19-10-6-7-17(15-19)21-20(25)16-23-11-13-24(14-12-23)18-8-4-3-5-9-18/h3-10,15H,11-14,16H2,1-2H3,(H,21,25)/p+1. The van der Waals surface area contributed by atoms with E-state index in [1.165, 1.54) is 36.8 Å². The highest BCUT2D eigenvalue weighted by atomic mass is 32.2. The van der Waals surface area contributed by atoms with Crippen molar-refractivity contribution in [2.75, 3.05) is 57.0 Å². The van der Waals surface area contributed by atoms with E-state index in [1.54, 1.807) is 12.1 Å². The van der Waals surface area contributed by atoms with Gasteiger partial charge in [0.1, 0.15) is 0 Å². The number of sulfonamides is 1. The van der Waals surface area contributed by atoms with E-state index in [0.717, 1.165) is 30.5 Å². The number of benzene rings is 2. The number of quaternary nitrogens is 1. The normalized spacial score (nSPS) is 15.6. The van der Waals surface area contributed by atoms with Crippen LogP contribution in [-0.2, 0) is 14.8 Å². The van der Waals surface area contributed by atoms with Crippen molar-refractivity contribution in [2.45, 2.75) is 4.90 Å². The van der Waals surface area contributed by atoms with Gasteiger partial charge in [-0.3, -0.25) is 4.79 Å². The first-order chi connectivity index (χ1) is 13.4. The molecule has 1 aliphatic heterocycles. The van der Waals surface area contributed by atoms with Crippen molar-refractivity contribution in [3.05, 3.63) is 54.6 Å². The second-order valence-corrected chi connectivity index (χ2v) is 9.26. The van der Waals surface area contributed by atoms with Gasteiger partial charge < -0.3 is 15.1 Å². The average molecular weight is 404 g/mol. The molecule has 28 heavy (non-hydrogen) atoms. The lowest BCUT2D eigenvalue weighted by molar-refractivity contribution is -0.892. The van der Waals surface area contributed by atoms with Gasteiger partial charge in [-0.15, -0.1) is 0 Å². The number of rotatable bonds is 6. The quantitative estimate of drug-likeness (QED) is 0.727. The van der Waals surface area contributed by atoms with E-state index in [9.17, 15) is 13.2 Å². The van der Waals surface area contributed by atoms with Crippen molar-refractivity contribution >= 4 is 27.3 Å². The van der Waals surface area contributed by atoms with Crippen LogP contribution in [0.2, 0.25) is 0 Å². The van der Waals surface area contributed by atoms with Crippen LogP contribution < -0.4 is 15.1 Å². The monoisotopic (exact) mass is 403 g/mol. The van der Waals surface area contributed by atoms with E-state index in [4.69, 9.17) is 0 Å². The molecule has 7 nitrogen and oxygen atoms in total. The van der Waals surface area contributed by atoms with Crippen LogP contribution >= 0.6 is 0 Å². The van der Waals surface area contributed by atoms with Crippen LogP contribution in [0.25, 0.3) is 0 Å². The maximum absolute atomic E-state index is 12.4. The molecule has 2 N–H and O–H groups in total. The smallest absolute Gasteiger partial charge is 0.279 e. The number of nitrogens with zero attached hydrogens (tertiary/aromatic N) is 2. The highest BCUT2D eigenvalue weighted by molar-refractivity contribution is 7.89. The number of nitrogens with one attached hydrogen (secondary N) is 2. The first kappa shape index (κ1) is 20.3. The molecular weight excluding hydrogens is 376 g/mol. The molecule has 0 bridgehead atoms. The van der Waals surface area contributed by atoms with Crippen LogP contribution in [0.15, 0.2) is 59.5 Å². The Bertz CT molecular complexity index is 908. The molecule has 0 unspecified atom stereocenters. The number of anilines is 2. The van der Waals surface area contributed by atoms with E-state index in [0.29, 0.717) is 12.2 Å². The zero-order valence-corrected chi connectivity index (χ0v) is 17.1. The van der Waals surface area contributed by atoms with Crippen molar-refractivity contribution in [2.24, 2.45) is 0 Å². The van der Waals surface area contributed by atoms with Gasteiger partial charge in [0.15, 0.2) is 6.54 Å². The van der Waals surface area contributed by atoms with Crippen molar-refractivity contribution in [1.29, 1.82) is 0 Å². The van der Waals surface area contributed by atoms with Crippen LogP contribution in [0.1, 0.15) is 0 Å². The van der Waals surface area contributed by atoms with Gasteiger partial charge in [0, 0.05) is 25.5 Å². The molecule has 3 rings (SSSR count). The number of para-hydroxylation sites is 1. The lowest BCUT2D eigenvalue weighted by atomic mass is 10.2. The van der Waals surface area contributed by atoms with Crippen molar-refractivity contribution in [1.82, 2.24) is 4.31 Å². The molecule has 1 amide bonds. The van der Waals surface area contributed by atoms with Crippen LogP contribution in [0, 0.1) is 0 Å². The Hall–Kier alpha value is -2.42. The molecule has 1 aliphatic rings. The maximum atomic E-state index is 12.4. The Balaban J connectivity index is 1.54. The predicted octanol–water partition coefficient (Wildman–Crippen LogP) is 0.281. The number of hydrogen-bond donors (Lipinski definition) is 2. The van der Waals surface area contributed by atoms with Crippen molar-refractivity contribution < 1.29 is 18.1 Å². The second-order valence-electron chi connectivity index (χ2n) is 7.11. The van der Waals surface area contributed by atoms with E-state index in [1.807, 2.05) is 18.2 Å². The summed E-state index contributed by atoms with van der Waals surface area (Å²) in [6.07, 6.45) is 0. The molecule has 0 saturated carbocycles. The molecule has 0 aromatic heterocycles. The summed E-state index contributed by atoms with van der Waals surface area (Å²) in [4.78, 5) is 16.1. The van der Waals surface area contributed by atoms with Gasteiger partial charge in [0.25, 0.3) is 5.91 Å². The average Bonchev–Trinajstić information content (AvgIpc) is 2.69. The largest absolute Gasteiger partial charge is 0.360 e. The number of carbonyl (C=O) groups excluding carboxylic acids is 1. The van der Waals surface area contributed by atoms with E-state index < -0.39 is 10.0 Å². The first-order valence-electron chi connectivity index (χ1n) is 9.32. The third kappa shape index (κ3) is 4.89. The summed E-state index contributed by atoms with van der Waals surface area (Å²) < 4.78 is 25.6. The number of carbonyl (C=O) groups is 1. The minimum absolute atomic E-state index is 0.109. The highest BCUT2D eigenvalue weighted by Gasteiger charge is 2.23. The molecule has 150 valence electrons. The first-order valence-corrected chi connectivity index (χ1v) is 10.8. The van der Waals surface area contributed by atoms with Gasteiger partial charge in [0.05, 0.1) is 31.1 Å².